The summed E-state index contributed by atoms with van der Waals surface area (Å²) in [4.78, 5) is 12.8. The number of carbonyl (C=O) groups is 1. The molecule has 0 saturated carbocycles. The van der Waals surface area contributed by atoms with Gasteiger partial charge < -0.3 is 14.6 Å². The Kier molecular flexibility index (Phi) is 7.54. The van der Waals surface area contributed by atoms with Crippen molar-refractivity contribution in [3.05, 3.63) is 46.3 Å². The van der Waals surface area contributed by atoms with Gasteiger partial charge in [-0.2, -0.15) is 4.31 Å². The maximum Gasteiger partial charge on any atom is 0.248 e. The number of amides is 1. The molecule has 34 heavy (non-hydrogen) atoms. The topological polar surface area (TPSA) is 102 Å². The second kappa shape index (κ2) is 10.4. The van der Waals surface area contributed by atoms with Crippen molar-refractivity contribution in [3.63, 3.8) is 0 Å². The summed E-state index contributed by atoms with van der Waals surface area (Å²) in [5.74, 6) is -0.310. The number of benzene rings is 1. The highest BCUT2D eigenvalue weighted by atomic mass is 32.2. The maximum absolute atomic E-state index is 13.6. The van der Waals surface area contributed by atoms with Crippen molar-refractivity contribution in [1.82, 2.24) is 14.8 Å². The summed E-state index contributed by atoms with van der Waals surface area (Å²) >= 11 is 0. The van der Waals surface area contributed by atoms with Gasteiger partial charge in [0, 0.05) is 26.2 Å². The number of piperidine rings is 1. The van der Waals surface area contributed by atoms with Gasteiger partial charge in [0.05, 0.1) is 12.0 Å². The quantitative estimate of drug-likeness (QED) is 0.642. The minimum Gasteiger partial charge on any atom is -0.376 e. The predicted molar refractivity (Wildman–Crippen MR) is 130 cm³/mol. The van der Waals surface area contributed by atoms with Gasteiger partial charge in [0.25, 0.3) is 0 Å². The molecule has 0 bridgehead atoms. The summed E-state index contributed by atoms with van der Waals surface area (Å²) in [7, 11) is -3.88. The first-order valence-electron chi connectivity index (χ1n) is 11.9. The van der Waals surface area contributed by atoms with Crippen LogP contribution >= 0.6 is 0 Å². The number of rotatable bonds is 7. The molecule has 0 radical (unpaired) electrons. The van der Waals surface area contributed by atoms with Gasteiger partial charge in [-0.15, -0.1) is 0 Å². The first-order chi connectivity index (χ1) is 16.3. The molecule has 1 aromatic carbocycles. The monoisotopic (exact) mass is 487 g/mol. The minimum absolute atomic E-state index is 0.0541. The molecule has 2 aliphatic rings. The first-order valence-corrected chi connectivity index (χ1v) is 13.3. The molecule has 0 spiro atoms. The van der Waals surface area contributed by atoms with E-state index in [4.69, 9.17) is 9.26 Å². The van der Waals surface area contributed by atoms with E-state index in [0.717, 1.165) is 36.1 Å². The highest BCUT2D eigenvalue weighted by Gasteiger charge is 2.37. The number of aryl methyl sites for hydroxylation is 3. The molecule has 4 rings (SSSR count). The normalized spacial score (nSPS) is 21.9. The highest BCUT2D eigenvalue weighted by Crippen LogP contribution is 2.29. The molecule has 8 nitrogen and oxygen atoms in total. The van der Waals surface area contributed by atoms with E-state index in [0.29, 0.717) is 31.6 Å². The summed E-state index contributed by atoms with van der Waals surface area (Å²) in [6.45, 7) is 7.35. The van der Waals surface area contributed by atoms with Crippen molar-refractivity contribution in [3.8, 4) is 0 Å². The van der Waals surface area contributed by atoms with Gasteiger partial charge in [-0.25, -0.2) is 8.42 Å². The Hall–Kier alpha value is -2.49. The van der Waals surface area contributed by atoms with Crippen molar-refractivity contribution >= 4 is 28.1 Å². The Bertz CT molecular complexity index is 1170. The first kappa shape index (κ1) is 24.6. The minimum atomic E-state index is -3.88. The molecule has 2 fully saturated rings. The molecular formula is C25H33N3O5S. The Morgan fingerprint density at radius 1 is 1.21 bits per heavy atom. The molecule has 2 atom stereocenters. The molecule has 1 N–H and O–H groups in total. The molecule has 0 aliphatic carbocycles. The lowest BCUT2D eigenvalue weighted by Crippen LogP contribution is -2.46. The molecule has 0 unspecified atom stereocenters. The van der Waals surface area contributed by atoms with Crippen LogP contribution in [0.15, 0.2) is 27.6 Å². The predicted octanol–water partition coefficient (Wildman–Crippen LogP) is 3.47. The fraction of sp³-hybridized carbons (Fsp3) is 0.520. The lowest BCUT2D eigenvalue weighted by molar-refractivity contribution is -0.126. The van der Waals surface area contributed by atoms with E-state index in [1.54, 1.807) is 13.0 Å². The number of hydrogen-bond acceptors (Lipinski definition) is 6. The summed E-state index contributed by atoms with van der Waals surface area (Å²) in [5, 5.41) is 6.88. The van der Waals surface area contributed by atoms with Gasteiger partial charge in [0.2, 0.25) is 15.9 Å². The third-order valence-electron chi connectivity index (χ3n) is 6.56. The van der Waals surface area contributed by atoms with Crippen molar-refractivity contribution in [2.24, 2.45) is 5.92 Å². The van der Waals surface area contributed by atoms with Crippen LogP contribution in [0, 0.1) is 26.7 Å². The second-order valence-corrected chi connectivity index (χ2v) is 11.1. The van der Waals surface area contributed by atoms with Crippen LogP contribution in [0.3, 0.4) is 0 Å². The van der Waals surface area contributed by atoms with E-state index in [2.05, 4.69) is 10.5 Å². The maximum atomic E-state index is 13.6. The Morgan fingerprint density at radius 2 is 2.03 bits per heavy atom. The van der Waals surface area contributed by atoms with Crippen molar-refractivity contribution < 1.29 is 22.5 Å². The fourth-order valence-electron chi connectivity index (χ4n) is 4.57. The van der Waals surface area contributed by atoms with Gasteiger partial charge in [0.1, 0.15) is 5.69 Å². The second-order valence-electron chi connectivity index (χ2n) is 9.24. The van der Waals surface area contributed by atoms with E-state index in [1.807, 2.05) is 38.1 Å². The van der Waals surface area contributed by atoms with E-state index in [-0.39, 0.29) is 35.1 Å². The van der Waals surface area contributed by atoms with Crippen LogP contribution in [0.25, 0.3) is 12.2 Å². The third kappa shape index (κ3) is 5.42. The van der Waals surface area contributed by atoms with E-state index >= 15 is 0 Å². The summed E-state index contributed by atoms with van der Waals surface area (Å²) in [5.41, 5.74) is 3.49. The van der Waals surface area contributed by atoms with Crippen LogP contribution in [-0.2, 0) is 19.6 Å². The third-order valence-corrected chi connectivity index (χ3v) is 8.59. The van der Waals surface area contributed by atoms with Gasteiger partial charge in [-0.1, -0.05) is 35.0 Å². The molecule has 184 valence electrons. The van der Waals surface area contributed by atoms with Crippen molar-refractivity contribution in [1.29, 1.82) is 0 Å². The number of sulfonamides is 1. The lowest BCUT2D eigenvalue weighted by atomic mass is 9.99. The molecule has 2 aromatic rings. The fourth-order valence-corrected chi connectivity index (χ4v) is 6.35. The Balaban J connectivity index is 1.50. The summed E-state index contributed by atoms with van der Waals surface area (Å²) < 4.78 is 39.5. The van der Waals surface area contributed by atoms with E-state index in [9.17, 15) is 13.2 Å². The zero-order valence-corrected chi connectivity index (χ0v) is 20.9. The summed E-state index contributed by atoms with van der Waals surface area (Å²) in [6.07, 6.45) is 6.79. The largest absolute Gasteiger partial charge is 0.376 e. The van der Waals surface area contributed by atoms with Gasteiger partial charge in [0.15, 0.2) is 10.7 Å². The van der Waals surface area contributed by atoms with Crippen LogP contribution < -0.4 is 5.32 Å². The average Bonchev–Trinajstić information content (AvgIpc) is 3.48. The number of nitrogens with one attached hydrogen (secondary N) is 1. The molecule has 2 aliphatic heterocycles. The van der Waals surface area contributed by atoms with Crippen molar-refractivity contribution in [2.75, 3.05) is 26.2 Å². The van der Waals surface area contributed by atoms with Crippen LogP contribution in [0.5, 0.6) is 0 Å². The highest BCUT2D eigenvalue weighted by molar-refractivity contribution is 7.89. The number of hydrogen-bond donors (Lipinski definition) is 1. The number of nitrogens with zero attached hydrogens (tertiary/aromatic N) is 2. The number of ether oxygens (including phenoxy) is 1. The Labute approximate surface area is 201 Å². The lowest BCUT2D eigenvalue weighted by Gasteiger charge is -2.31. The van der Waals surface area contributed by atoms with Crippen LogP contribution in [0.1, 0.15) is 53.8 Å². The zero-order valence-electron chi connectivity index (χ0n) is 20.0. The van der Waals surface area contributed by atoms with Gasteiger partial charge in [-0.3, -0.25) is 4.79 Å². The van der Waals surface area contributed by atoms with Crippen LogP contribution in [-0.4, -0.2) is 56.1 Å². The number of aromatic nitrogens is 1. The number of carbonyl (C=O) groups excluding carboxylic acids is 1. The van der Waals surface area contributed by atoms with Gasteiger partial charge >= 0.3 is 0 Å². The van der Waals surface area contributed by atoms with E-state index < -0.39 is 10.0 Å². The average molecular weight is 488 g/mol. The van der Waals surface area contributed by atoms with Gasteiger partial charge in [-0.05, 0) is 63.7 Å². The molecule has 1 amide bonds. The molecule has 2 saturated heterocycles. The molecule has 1 aromatic heterocycles. The smallest absolute Gasteiger partial charge is 0.248 e. The van der Waals surface area contributed by atoms with E-state index in [1.165, 1.54) is 4.31 Å². The molecule has 3 heterocycles. The van der Waals surface area contributed by atoms with Crippen LogP contribution in [0.4, 0.5) is 0 Å². The molecular weight excluding hydrogens is 454 g/mol. The molecule has 9 heteroatoms. The zero-order chi connectivity index (χ0) is 24.3. The summed E-state index contributed by atoms with van der Waals surface area (Å²) in [6, 6.07) is 6.09. The van der Waals surface area contributed by atoms with Crippen molar-refractivity contribution in [2.45, 2.75) is 57.5 Å². The SMILES string of the molecule is Cc1ccc(C)c(/C=C/c2onc(C)c2S(=O)(=O)N2CCC[C@@H](C(=O)NC[C@H]3CCCO3)C2)c1. The standard InChI is InChI=1S/C25H33N3O5S/c1-17-8-9-18(2)20(14-17)10-11-23-24(19(3)27-33-23)34(30,31)28-12-4-6-21(16-28)25(29)26-15-22-7-5-13-32-22/h8-11,14,21-22H,4-7,12-13,15-16H2,1-3H3,(H,26,29)/b11-10+/t21-,22-/m1/s1. The van der Waals surface area contributed by atoms with Crippen LogP contribution in [0.2, 0.25) is 0 Å². The Morgan fingerprint density at radius 3 is 2.79 bits per heavy atom.